The third-order valence-corrected chi connectivity index (χ3v) is 3.95. The van der Waals surface area contributed by atoms with Crippen LogP contribution in [0.25, 0.3) is 0 Å². The number of carbonyl (C=O) groups excluding carboxylic acids is 1. The van der Waals surface area contributed by atoms with E-state index in [0.717, 1.165) is 11.3 Å². The van der Waals surface area contributed by atoms with Gasteiger partial charge in [-0.3, -0.25) is 14.7 Å². The van der Waals surface area contributed by atoms with E-state index in [2.05, 4.69) is 15.5 Å². The SMILES string of the molecule is Cc1[nH]nc(NC(=O)C2CC(C)CC2C(=O)O)c1C. The van der Waals surface area contributed by atoms with Gasteiger partial charge in [-0.1, -0.05) is 6.92 Å². The molecule has 1 saturated carbocycles. The Bertz CT molecular complexity index is 509. The molecular weight excluding hydrogens is 246 g/mol. The van der Waals surface area contributed by atoms with E-state index in [1.54, 1.807) is 0 Å². The minimum atomic E-state index is -0.889. The van der Waals surface area contributed by atoms with Crippen molar-refractivity contribution < 1.29 is 14.7 Å². The number of carbonyl (C=O) groups is 2. The predicted molar refractivity (Wildman–Crippen MR) is 69.7 cm³/mol. The van der Waals surface area contributed by atoms with Crippen LogP contribution in [0.2, 0.25) is 0 Å². The van der Waals surface area contributed by atoms with Gasteiger partial charge >= 0.3 is 5.97 Å². The molecule has 1 heterocycles. The molecule has 1 aliphatic carbocycles. The molecule has 19 heavy (non-hydrogen) atoms. The van der Waals surface area contributed by atoms with E-state index in [1.165, 1.54) is 0 Å². The minimum absolute atomic E-state index is 0.244. The van der Waals surface area contributed by atoms with Crippen LogP contribution in [0, 0.1) is 31.6 Å². The fourth-order valence-electron chi connectivity index (χ4n) is 2.67. The van der Waals surface area contributed by atoms with Gasteiger partial charge in [0, 0.05) is 11.3 Å². The Morgan fingerprint density at radius 2 is 1.95 bits per heavy atom. The Morgan fingerprint density at radius 3 is 2.47 bits per heavy atom. The number of H-pyrrole nitrogens is 1. The van der Waals surface area contributed by atoms with E-state index < -0.39 is 17.8 Å². The second kappa shape index (κ2) is 5.03. The van der Waals surface area contributed by atoms with E-state index in [4.69, 9.17) is 0 Å². The number of nitrogens with one attached hydrogen (secondary N) is 2. The van der Waals surface area contributed by atoms with Crippen molar-refractivity contribution in [2.75, 3.05) is 5.32 Å². The Hall–Kier alpha value is -1.85. The smallest absolute Gasteiger partial charge is 0.307 e. The van der Waals surface area contributed by atoms with E-state index >= 15 is 0 Å². The lowest BCUT2D eigenvalue weighted by Gasteiger charge is -2.14. The first-order chi connectivity index (χ1) is 8.90. The van der Waals surface area contributed by atoms with E-state index in [1.807, 2.05) is 20.8 Å². The molecule has 1 aromatic rings. The largest absolute Gasteiger partial charge is 0.481 e. The van der Waals surface area contributed by atoms with Crippen LogP contribution in [-0.4, -0.2) is 27.2 Å². The molecule has 1 aromatic heterocycles. The molecule has 0 spiro atoms. The first-order valence-corrected chi connectivity index (χ1v) is 6.45. The highest BCUT2D eigenvalue weighted by molar-refractivity contribution is 5.95. The van der Waals surface area contributed by atoms with Gasteiger partial charge in [-0.05, 0) is 32.6 Å². The number of hydrogen-bond donors (Lipinski definition) is 3. The highest BCUT2D eigenvalue weighted by Gasteiger charge is 2.41. The number of nitrogens with zero attached hydrogens (tertiary/aromatic N) is 1. The summed E-state index contributed by atoms with van der Waals surface area (Å²) in [5, 5.41) is 18.7. The van der Waals surface area contributed by atoms with Crippen LogP contribution in [0.4, 0.5) is 5.82 Å². The van der Waals surface area contributed by atoms with E-state index in [9.17, 15) is 14.7 Å². The molecule has 6 nitrogen and oxygen atoms in total. The summed E-state index contributed by atoms with van der Waals surface area (Å²) in [6.45, 7) is 5.71. The van der Waals surface area contributed by atoms with Gasteiger partial charge in [0.2, 0.25) is 5.91 Å². The van der Waals surface area contributed by atoms with Crippen LogP contribution in [0.15, 0.2) is 0 Å². The number of carboxylic acids is 1. The zero-order valence-corrected chi connectivity index (χ0v) is 11.4. The maximum Gasteiger partial charge on any atom is 0.307 e. The van der Waals surface area contributed by atoms with Gasteiger partial charge in [0.15, 0.2) is 5.82 Å². The second-order valence-electron chi connectivity index (χ2n) is 5.44. The third kappa shape index (κ3) is 2.62. The number of carboxylic acid groups (broad SMARTS) is 1. The topological polar surface area (TPSA) is 95.1 Å². The van der Waals surface area contributed by atoms with Crippen molar-refractivity contribution in [3.63, 3.8) is 0 Å². The molecule has 0 aliphatic heterocycles. The Kier molecular flexibility index (Phi) is 3.59. The van der Waals surface area contributed by atoms with Crippen LogP contribution in [0.1, 0.15) is 31.0 Å². The van der Waals surface area contributed by atoms with Gasteiger partial charge in [0.25, 0.3) is 0 Å². The summed E-state index contributed by atoms with van der Waals surface area (Å²) < 4.78 is 0. The number of anilines is 1. The molecule has 3 unspecified atom stereocenters. The molecule has 3 atom stereocenters. The maximum atomic E-state index is 12.2. The van der Waals surface area contributed by atoms with Crippen LogP contribution in [-0.2, 0) is 9.59 Å². The molecule has 2 rings (SSSR count). The molecular formula is C13H19N3O3. The molecule has 0 radical (unpaired) electrons. The monoisotopic (exact) mass is 265 g/mol. The van der Waals surface area contributed by atoms with Crippen molar-refractivity contribution in [3.8, 4) is 0 Å². The molecule has 104 valence electrons. The van der Waals surface area contributed by atoms with Gasteiger partial charge in [-0.2, -0.15) is 5.10 Å². The summed E-state index contributed by atoms with van der Waals surface area (Å²) in [6, 6.07) is 0. The number of hydrogen-bond acceptors (Lipinski definition) is 3. The minimum Gasteiger partial charge on any atom is -0.481 e. The molecule has 0 aromatic carbocycles. The number of aliphatic carboxylic acids is 1. The number of aromatic amines is 1. The fraction of sp³-hybridized carbons (Fsp3) is 0.615. The first kappa shape index (κ1) is 13.6. The average Bonchev–Trinajstić information content (AvgIpc) is 2.87. The van der Waals surface area contributed by atoms with Crippen molar-refractivity contribution in [1.82, 2.24) is 10.2 Å². The molecule has 1 amide bonds. The average molecular weight is 265 g/mol. The number of aryl methyl sites for hydroxylation is 1. The summed E-state index contributed by atoms with van der Waals surface area (Å²) >= 11 is 0. The van der Waals surface area contributed by atoms with Gasteiger partial charge in [0.1, 0.15) is 0 Å². The van der Waals surface area contributed by atoms with Crippen LogP contribution >= 0.6 is 0 Å². The lowest BCUT2D eigenvalue weighted by atomic mass is 9.95. The lowest BCUT2D eigenvalue weighted by Crippen LogP contribution is -2.30. The highest BCUT2D eigenvalue weighted by Crippen LogP contribution is 2.37. The maximum absolute atomic E-state index is 12.2. The van der Waals surface area contributed by atoms with Gasteiger partial charge in [-0.25, -0.2) is 0 Å². The zero-order valence-electron chi connectivity index (χ0n) is 11.4. The fourth-order valence-corrected chi connectivity index (χ4v) is 2.67. The molecule has 6 heteroatoms. The van der Waals surface area contributed by atoms with Crippen molar-refractivity contribution in [2.24, 2.45) is 17.8 Å². The summed E-state index contributed by atoms with van der Waals surface area (Å²) in [6.07, 6.45) is 1.18. The molecule has 0 saturated heterocycles. The van der Waals surface area contributed by atoms with Crippen molar-refractivity contribution >= 4 is 17.7 Å². The lowest BCUT2D eigenvalue weighted by molar-refractivity contribution is -0.145. The Balaban J connectivity index is 2.11. The van der Waals surface area contributed by atoms with Crippen molar-refractivity contribution in [3.05, 3.63) is 11.3 Å². The number of aromatic nitrogens is 2. The molecule has 1 fully saturated rings. The van der Waals surface area contributed by atoms with E-state index in [0.29, 0.717) is 18.7 Å². The summed E-state index contributed by atoms with van der Waals surface area (Å²) in [4.78, 5) is 23.4. The van der Waals surface area contributed by atoms with Crippen LogP contribution in [0.3, 0.4) is 0 Å². The van der Waals surface area contributed by atoms with Crippen LogP contribution < -0.4 is 5.32 Å². The first-order valence-electron chi connectivity index (χ1n) is 6.45. The third-order valence-electron chi connectivity index (χ3n) is 3.95. The number of rotatable bonds is 3. The van der Waals surface area contributed by atoms with Crippen molar-refractivity contribution in [1.29, 1.82) is 0 Å². The predicted octanol–water partition coefficient (Wildman–Crippen LogP) is 1.71. The molecule has 3 N–H and O–H groups in total. The summed E-state index contributed by atoms with van der Waals surface area (Å²) in [5.41, 5.74) is 1.77. The van der Waals surface area contributed by atoms with E-state index in [-0.39, 0.29) is 11.8 Å². The Morgan fingerprint density at radius 1 is 1.32 bits per heavy atom. The Labute approximate surface area is 111 Å². The van der Waals surface area contributed by atoms with Crippen molar-refractivity contribution in [2.45, 2.75) is 33.6 Å². The van der Waals surface area contributed by atoms with Crippen LogP contribution in [0.5, 0.6) is 0 Å². The second-order valence-corrected chi connectivity index (χ2v) is 5.44. The number of amides is 1. The van der Waals surface area contributed by atoms with Gasteiger partial charge in [0.05, 0.1) is 11.8 Å². The normalized spacial score (nSPS) is 26.4. The summed E-state index contributed by atoms with van der Waals surface area (Å²) in [5.74, 6) is -1.44. The quantitative estimate of drug-likeness (QED) is 0.775. The van der Waals surface area contributed by atoms with Gasteiger partial charge < -0.3 is 10.4 Å². The zero-order chi connectivity index (χ0) is 14.2. The highest BCUT2D eigenvalue weighted by atomic mass is 16.4. The molecule has 1 aliphatic rings. The molecule has 0 bridgehead atoms. The summed E-state index contributed by atoms with van der Waals surface area (Å²) in [7, 11) is 0. The standard InChI is InChI=1S/C13H19N3O3/c1-6-4-9(10(5-6)13(18)19)12(17)14-11-7(2)8(3)15-16-11/h6,9-10H,4-5H2,1-3H3,(H,18,19)(H2,14,15,16,17). The van der Waals surface area contributed by atoms with Gasteiger partial charge in [-0.15, -0.1) is 0 Å².